The summed E-state index contributed by atoms with van der Waals surface area (Å²) < 4.78 is 0. The molecule has 0 radical (unpaired) electrons. The molecular formula is C15H21ClO. The first-order valence-electron chi connectivity index (χ1n) is 6.52. The van der Waals surface area contributed by atoms with Crippen molar-refractivity contribution in [2.24, 2.45) is 11.8 Å². The number of rotatable bonds is 2. The van der Waals surface area contributed by atoms with E-state index in [-0.39, 0.29) is 6.10 Å². The monoisotopic (exact) mass is 252 g/mol. The fourth-order valence-electron chi connectivity index (χ4n) is 2.67. The van der Waals surface area contributed by atoms with Crippen LogP contribution in [0.1, 0.15) is 49.8 Å². The number of aliphatic hydroxyl groups is 1. The topological polar surface area (TPSA) is 20.2 Å². The summed E-state index contributed by atoms with van der Waals surface area (Å²) in [6.45, 7) is 4.28. The lowest BCUT2D eigenvalue weighted by Gasteiger charge is -2.30. The van der Waals surface area contributed by atoms with Crippen LogP contribution in [0.25, 0.3) is 0 Å². The van der Waals surface area contributed by atoms with Gasteiger partial charge in [-0.2, -0.15) is 0 Å². The van der Waals surface area contributed by atoms with Crippen molar-refractivity contribution < 1.29 is 5.11 Å². The first-order chi connectivity index (χ1) is 8.08. The molecule has 1 atom stereocenters. The van der Waals surface area contributed by atoms with E-state index in [1.165, 1.54) is 12.8 Å². The molecule has 1 saturated carbocycles. The average Bonchev–Trinajstić information content (AvgIpc) is 2.33. The molecule has 0 aromatic heterocycles. The molecule has 2 heteroatoms. The van der Waals surface area contributed by atoms with Crippen molar-refractivity contribution in [1.29, 1.82) is 0 Å². The van der Waals surface area contributed by atoms with Crippen LogP contribution in [0.2, 0.25) is 5.02 Å². The van der Waals surface area contributed by atoms with Gasteiger partial charge in [-0.15, -0.1) is 0 Å². The van der Waals surface area contributed by atoms with Crippen molar-refractivity contribution in [2.45, 2.75) is 45.6 Å². The Morgan fingerprint density at radius 2 is 1.88 bits per heavy atom. The van der Waals surface area contributed by atoms with Gasteiger partial charge in [-0.3, -0.25) is 0 Å². The Bertz CT molecular complexity index is 381. The Kier molecular flexibility index (Phi) is 4.11. The standard InChI is InChI=1S/C15H21ClO/c1-10-3-6-12(7-4-10)15(17)13-8-5-11(2)14(16)9-13/h5,8-10,12,15,17H,3-4,6-7H2,1-2H3. The highest BCUT2D eigenvalue weighted by Gasteiger charge is 2.25. The molecule has 0 aliphatic heterocycles. The van der Waals surface area contributed by atoms with Crippen LogP contribution in [0.15, 0.2) is 18.2 Å². The zero-order valence-electron chi connectivity index (χ0n) is 10.6. The van der Waals surface area contributed by atoms with E-state index >= 15 is 0 Å². The molecule has 0 saturated heterocycles. The van der Waals surface area contributed by atoms with Crippen LogP contribution >= 0.6 is 11.6 Å². The van der Waals surface area contributed by atoms with Crippen LogP contribution in [-0.4, -0.2) is 5.11 Å². The van der Waals surface area contributed by atoms with Crippen LogP contribution in [0.4, 0.5) is 0 Å². The maximum Gasteiger partial charge on any atom is 0.0818 e. The Balaban J connectivity index is 2.08. The maximum absolute atomic E-state index is 10.4. The van der Waals surface area contributed by atoms with Crippen LogP contribution in [0, 0.1) is 18.8 Å². The van der Waals surface area contributed by atoms with Gasteiger partial charge in [-0.05, 0) is 48.8 Å². The van der Waals surface area contributed by atoms with E-state index in [0.717, 1.165) is 34.9 Å². The van der Waals surface area contributed by atoms with Crippen molar-refractivity contribution in [3.8, 4) is 0 Å². The van der Waals surface area contributed by atoms with Gasteiger partial charge in [-0.1, -0.05) is 43.5 Å². The Labute approximate surface area is 109 Å². The molecule has 1 aliphatic carbocycles. The number of benzene rings is 1. The van der Waals surface area contributed by atoms with Gasteiger partial charge in [0.2, 0.25) is 0 Å². The molecule has 0 amide bonds. The molecule has 1 aliphatic rings. The third-order valence-electron chi connectivity index (χ3n) is 4.04. The number of halogens is 1. The number of hydrogen-bond acceptors (Lipinski definition) is 1. The minimum atomic E-state index is -0.347. The van der Waals surface area contributed by atoms with Crippen LogP contribution in [-0.2, 0) is 0 Å². The maximum atomic E-state index is 10.4. The molecule has 0 spiro atoms. The SMILES string of the molecule is Cc1ccc(C(O)C2CCC(C)CC2)cc1Cl. The largest absolute Gasteiger partial charge is 0.388 e. The van der Waals surface area contributed by atoms with Crippen molar-refractivity contribution in [1.82, 2.24) is 0 Å². The van der Waals surface area contributed by atoms with Crippen molar-refractivity contribution in [3.63, 3.8) is 0 Å². The summed E-state index contributed by atoms with van der Waals surface area (Å²) in [5, 5.41) is 11.1. The Hall–Kier alpha value is -0.530. The summed E-state index contributed by atoms with van der Waals surface area (Å²) in [6.07, 6.45) is 4.39. The van der Waals surface area contributed by atoms with E-state index < -0.39 is 0 Å². The molecule has 2 rings (SSSR count). The lowest BCUT2D eigenvalue weighted by molar-refractivity contribution is 0.0756. The molecule has 1 N–H and O–H groups in total. The summed E-state index contributed by atoms with van der Waals surface area (Å²) >= 11 is 6.11. The fourth-order valence-corrected chi connectivity index (χ4v) is 2.86. The summed E-state index contributed by atoms with van der Waals surface area (Å²) in [5.74, 6) is 1.23. The molecule has 94 valence electrons. The first kappa shape index (κ1) is 12.9. The predicted octanol–water partition coefficient (Wildman–Crippen LogP) is 4.51. The summed E-state index contributed by atoms with van der Waals surface area (Å²) in [6, 6.07) is 5.91. The number of hydrogen-bond donors (Lipinski definition) is 1. The van der Waals surface area contributed by atoms with Gasteiger partial charge >= 0.3 is 0 Å². The van der Waals surface area contributed by atoms with Crippen molar-refractivity contribution in [3.05, 3.63) is 34.3 Å². The molecule has 1 nitrogen and oxygen atoms in total. The smallest absolute Gasteiger partial charge is 0.0818 e. The molecule has 0 heterocycles. The first-order valence-corrected chi connectivity index (χ1v) is 6.90. The number of aliphatic hydroxyl groups excluding tert-OH is 1. The zero-order chi connectivity index (χ0) is 12.4. The van der Waals surface area contributed by atoms with E-state index in [1.807, 2.05) is 25.1 Å². The summed E-state index contributed by atoms with van der Waals surface area (Å²) in [5.41, 5.74) is 2.04. The van der Waals surface area contributed by atoms with E-state index in [9.17, 15) is 5.11 Å². The average molecular weight is 253 g/mol. The third kappa shape index (κ3) is 3.02. The second-order valence-corrected chi connectivity index (χ2v) is 5.88. The fraction of sp³-hybridized carbons (Fsp3) is 0.600. The molecule has 1 aromatic carbocycles. The lowest BCUT2D eigenvalue weighted by atomic mass is 9.78. The van der Waals surface area contributed by atoms with E-state index in [1.54, 1.807) is 0 Å². The van der Waals surface area contributed by atoms with Crippen LogP contribution in [0.3, 0.4) is 0 Å². The quantitative estimate of drug-likeness (QED) is 0.821. The summed E-state index contributed by atoms with van der Waals surface area (Å²) in [4.78, 5) is 0. The Morgan fingerprint density at radius 3 is 2.47 bits per heavy atom. The molecule has 1 aromatic rings. The zero-order valence-corrected chi connectivity index (χ0v) is 11.4. The molecule has 1 unspecified atom stereocenters. The van der Waals surface area contributed by atoms with Gasteiger partial charge in [0.25, 0.3) is 0 Å². The predicted molar refractivity (Wildman–Crippen MR) is 72.3 cm³/mol. The van der Waals surface area contributed by atoms with E-state index in [2.05, 4.69) is 6.92 Å². The highest BCUT2D eigenvalue weighted by Crippen LogP contribution is 2.37. The van der Waals surface area contributed by atoms with E-state index in [4.69, 9.17) is 11.6 Å². The van der Waals surface area contributed by atoms with Crippen molar-refractivity contribution >= 4 is 11.6 Å². The van der Waals surface area contributed by atoms with E-state index in [0.29, 0.717) is 5.92 Å². The van der Waals surface area contributed by atoms with Crippen molar-refractivity contribution in [2.75, 3.05) is 0 Å². The van der Waals surface area contributed by atoms with Crippen LogP contribution < -0.4 is 0 Å². The number of aryl methyl sites for hydroxylation is 1. The van der Waals surface area contributed by atoms with Gasteiger partial charge < -0.3 is 5.11 Å². The molecular weight excluding hydrogens is 232 g/mol. The minimum Gasteiger partial charge on any atom is -0.388 e. The minimum absolute atomic E-state index is 0.347. The molecule has 1 fully saturated rings. The molecule has 0 bridgehead atoms. The lowest BCUT2D eigenvalue weighted by Crippen LogP contribution is -2.19. The van der Waals surface area contributed by atoms with Gasteiger partial charge in [0.15, 0.2) is 0 Å². The molecule has 17 heavy (non-hydrogen) atoms. The highest BCUT2D eigenvalue weighted by molar-refractivity contribution is 6.31. The van der Waals surface area contributed by atoms with Gasteiger partial charge in [0.05, 0.1) is 6.10 Å². The Morgan fingerprint density at radius 1 is 1.24 bits per heavy atom. The van der Waals surface area contributed by atoms with Crippen LogP contribution in [0.5, 0.6) is 0 Å². The third-order valence-corrected chi connectivity index (χ3v) is 4.45. The second-order valence-electron chi connectivity index (χ2n) is 5.47. The van der Waals surface area contributed by atoms with Gasteiger partial charge in [0, 0.05) is 5.02 Å². The second kappa shape index (κ2) is 5.41. The summed E-state index contributed by atoms with van der Waals surface area (Å²) in [7, 11) is 0. The highest BCUT2D eigenvalue weighted by atomic mass is 35.5. The van der Waals surface area contributed by atoms with Gasteiger partial charge in [-0.25, -0.2) is 0 Å². The van der Waals surface area contributed by atoms with Gasteiger partial charge in [0.1, 0.15) is 0 Å². The normalized spacial score (nSPS) is 26.8.